The molecule has 2 aromatic carbocycles. The molecule has 0 aliphatic carbocycles. The zero-order valence-electron chi connectivity index (χ0n) is 15.5. The molecule has 0 fully saturated rings. The molecule has 0 aliphatic heterocycles. The molecular weight excluding hydrogens is 467 g/mol. The van der Waals surface area contributed by atoms with Crippen LogP contribution in [-0.2, 0) is 21.9 Å². The number of halogens is 3. The molecule has 150 valence electrons. The van der Waals surface area contributed by atoms with Crippen molar-refractivity contribution in [3.05, 3.63) is 68.9 Å². The Morgan fingerprint density at radius 1 is 1.29 bits per heavy atom. The van der Waals surface area contributed by atoms with Crippen LogP contribution in [0.15, 0.2) is 46.9 Å². The standard InChI is InChI=1S/C20H21BrClFN2O2S/c1-13(20(27)24-2)25(10-14-5-3-6-15(21)9-14)19(26)12-28-11-16-17(22)7-4-8-18(16)23/h3-9,13H,10-12H2,1-2H3,(H,24,27). The second-order valence-corrected chi connectivity index (χ2v) is 8.44. The maximum absolute atomic E-state index is 13.9. The number of amides is 2. The van der Waals surface area contributed by atoms with Crippen LogP contribution in [0.1, 0.15) is 18.1 Å². The lowest BCUT2D eigenvalue weighted by Gasteiger charge is -2.28. The summed E-state index contributed by atoms with van der Waals surface area (Å²) in [5, 5.41) is 2.92. The predicted octanol–water partition coefficient (Wildman–Crippen LogP) is 4.64. The monoisotopic (exact) mass is 486 g/mol. The summed E-state index contributed by atoms with van der Waals surface area (Å²) in [7, 11) is 1.54. The molecule has 0 spiro atoms. The first kappa shape index (κ1) is 22.7. The van der Waals surface area contributed by atoms with Crippen molar-refractivity contribution in [2.24, 2.45) is 0 Å². The van der Waals surface area contributed by atoms with Crippen molar-refractivity contribution < 1.29 is 14.0 Å². The maximum Gasteiger partial charge on any atom is 0.242 e. The summed E-state index contributed by atoms with van der Waals surface area (Å²) in [6.45, 7) is 1.99. The summed E-state index contributed by atoms with van der Waals surface area (Å²) in [5.74, 6) is -0.452. The first-order valence-corrected chi connectivity index (χ1v) is 10.9. The van der Waals surface area contributed by atoms with E-state index in [1.54, 1.807) is 19.1 Å². The molecular formula is C20H21BrClFN2O2S. The van der Waals surface area contributed by atoms with Gasteiger partial charge in [0.25, 0.3) is 0 Å². The third-order valence-corrected chi connectivity index (χ3v) is 5.98. The van der Waals surface area contributed by atoms with Gasteiger partial charge in [-0.2, -0.15) is 0 Å². The van der Waals surface area contributed by atoms with Gasteiger partial charge in [0.2, 0.25) is 11.8 Å². The number of rotatable bonds is 8. The second kappa shape index (κ2) is 10.8. The first-order valence-electron chi connectivity index (χ1n) is 8.59. The van der Waals surface area contributed by atoms with Crippen molar-refractivity contribution in [1.29, 1.82) is 0 Å². The van der Waals surface area contributed by atoms with E-state index in [0.717, 1.165) is 10.0 Å². The fraction of sp³-hybridized carbons (Fsp3) is 0.300. The van der Waals surface area contributed by atoms with Crippen molar-refractivity contribution >= 4 is 51.1 Å². The number of likely N-dealkylation sites (N-methyl/N-ethyl adjacent to an activating group) is 1. The van der Waals surface area contributed by atoms with Gasteiger partial charge in [0, 0.05) is 34.4 Å². The number of carbonyl (C=O) groups excluding carboxylic acids is 2. The van der Waals surface area contributed by atoms with Crippen LogP contribution in [0.5, 0.6) is 0 Å². The summed E-state index contributed by atoms with van der Waals surface area (Å²) in [5.41, 5.74) is 1.28. The fourth-order valence-electron chi connectivity index (χ4n) is 2.62. The molecule has 4 nitrogen and oxygen atoms in total. The van der Waals surface area contributed by atoms with Gasteiger partial charge in [-0.25, -0.2) is 4.39 Å². The van der Waals surface area contributed by atoms with E-state index in [9.17, 15) is 14.0 Å². The van der Waals surface area contributed by atoms with Crippen molar-refractivity contribution in [3.63, 3.8) is 0 Å². The average molecular weight is 488 g/mol. The van der Waals surface area contributed by atoms with Crippen LogP contribution >= 0.6 is 39.3 Å². The molecule has 28 heavy (non-hydrogen) atoms. The van der Waals surface area contributed by atoms with Crippen LogP contribution in [0, 0.1) is 5.82 Å². The van der Waals surface area contributed by atoms with E-state index in [2.05, 4.69) is 21.2 Å². The Labute approximate surface area is 182 Å². The highest BCUT2D eigenvalue weighted by atomic mass is 79.9. The SMILES string of the molecule is CNC(=O)C(C)N(Cc1cccc(Br)c1)C(=O)CSCc1c(F)cccc1Cl. The Hall–Kier alpha value is -1.57. The van der Waals surface area contributed by atoms with Crippen molar-refractivity contribution in [2.45, 2.75) is 25.3 Å². The Morgan fingerprint density at radius 3 is 2.64 bits per heavy atom. The summed E-state index contributed by atoms with van der Waals surface area (Å²) >= 11 is 10.7. The molecule has 0 saturated heterocycles. The van der Waals surface area contributed by atoms with E-state index in [0.29, 0.717) is 17.1 Å². The number of nitrogens with one attached hydrogen (secondary N) is 1. The molecule has 8 heteroatoms. The van der Waals surface area contributed by atoms with Crippen molar-refractivity contribution in [1.82, 2.24) is 10.2 Å². The average Bonchev–Trinajstić information content (AvgIpc) is 2.67. The Balaban J connectivity index is 2.08. The van der Waals surface area contributed by atoms with Gasteiger partial charge in [-0.3, -0.25) is 9.59 Å². The number of nitrogens with zero attached hydrogens (tertiary/aromatic N) is 1. The van der Waals surface area contributed by atoms with E-state index < -0.39 is 11.9 Å². The number of hydrogen-bond donors (Lipinski definition) is 1. The third-order valence-electron chi connectivity index (χ3n) is 4.19. The summed E-state index contributed by atoms with van der Waals surface area (Å²) in [6.07, 6.45) is 0. The van der Waals surface area contributed by atoms with Gasteiger partial charge < -0.3 is 10.2 Å². The first-order chi connectivity index (χ1) is 13.3. The van der Waals surface area contributed by atoms with E-state index in [1.807, 2.05) is 24.3 Å². The van der Waals surface area contributed by atoms with Crippen LogP contribution in [0.4, 0.5) is 4.39 Å². The zero-order chi connectivity index (χ0) is 20.7. The normalized spacial score (nSPS) is 11.8. The lowest BCUT2D eigenvalue weighted by molar-refractivity contribution is -0.138. The van der Waals surface area contributed by atoms with Crippen molar-refractivity contribution in [3.8, 4) is 0 Å². The van der Waals surface area contributed by atoms with Gasteiger partial charge in [-0.05, 0) is 36.8 Å². The molecule has 0 aromatic heterocycles. The minimum atomic E-state index is -0.630. The Kier molecular flexibility index (Phi) is 8.79. The summed E-state index contributed by atoms with van der Waals surface area (Å²) in [4.78, 5) is 26.5. The largest absolute Gasteiger partial charge is 0.357 e. The van der Waals surface area contributed by atoms with E-state index in [1.165, 1.54) is 29.8 Å². The molecule has 0 saturated carbocycles. The van der Waals surface area contributed by atoms with Crippen LogP contribution < -0.4 is 5.32 Å². The molecule has 0 radical (unpaired) electrons. The van der Waals surface area contributed by atoms with Gasteiger partial charge in [0.1, 0.15) is 11.9 Å². The number of carbonyl (C=O) groups is 2. The highest BCUT2D eigenvalue weighted by molar-refractivity contribution is 9.10. The Bertz CT molecular complexity index is 832. The van der Waals surface area contributed by atoms with Crippen LogP contribution in [0.25, 0.3) is 0 Å². The lowest BCUT2D eigenvalue weighted by atomic mass is 10.1. The minimum absolute atomic E-state index is 0.111. The summed E-state index contributed by atoms with van der Waals surface area (Å²) in [6, 6.07) is 11.5. The third kappa shape index (κ3) is 6.22. The summed E-state index contributed by atoms with van der Waals surface area (Å²) < 4.78 is 14.8. The highest BCUT2D eigenvalue weighted by Gasteiger charge is 2.25. The van der Waals surface area contributed by atoms with Gasteiger partial charge in [0.15, 0.2) is 0 Å². The molecule has 1 unspecified atom stereocenters. The smallest absolute Gasteiger partial charge is 0.242 e. The van der Waals surface area contributed by atoms with Crippen LogP contribution in [0.3, 0.4) is 0 Å². The van der Waals surface area contributed by atoms with Crippen molar-refractivity contribution in [2.75, 3.05) is 12.8 Å². The number of thioether (sulfide) groups is 1. The van der Waals surface area contributed by atoms with E-state index in [4.69, 9.17) is 11.6 Å². The molecule has 0 heterocycles. The quantitative estimate of drug-likeness (QED) is 0.590. The predicted molar refractivity (Wildman–Crippen MR) is 116 cm³/mol. The Morgan fingerprint density at radius 2 is 2.00 bits per heavy atom. The molecule has 1 N–H and O–H groups in total. The lowest BCUT2D eigenvalue weighted by Crippen LogP contribution is -2.47. The van der Waals surface area contributed by atoms with Crippen LogP contribution in [-0.4, -0.2) is 35.6 Å². The zero-order valence-corrected chi connectivity index (χ0v) is 18.7. The molecule has 2 aromatic rings. The molecule has 0 aliphatic rings. The molecule has 2 amide bonds. The molecule has 0 bridgehead atoms. The van der Waals surface area contributed by atoms with Gasteiger partial charge >= 0.3 is 0 Å². The number of benzene rings is 2. The minimum Gasteiger partial charge on any atom is -0.357 e. The molecule has 1 atom stereocenters. The maximum atomic E-state index is 13.9. The highest BCUT2D eigenvalue weighted by Crippen LogP contribution is 2.24. The van der Waals surface area contributed by atoms with Gasteiger partial charge in [0.05, 0.1) is 5.75 Å². The van der Waals surface area contributed by atoms with E-state index >= 15 is 0 Å². The molecule has 2 rings (SSSR count). The van der Waals surface area contributed by atoms with Crippen LogP contribution in [0.2, 0.25) is 5.02 Å². The fourth-order valence-corrected chi connectivity index (χ4v) is 4.31. The number of hydrogen-bond acceptors (Lipinski definition) is 3. The topological polar surface area (TPSA) is 49.4 Å². The van der Waals surface area contributed by atoms with E-state index in [-0.39, 0.29) is 23.3 Å². The van der Waals surface area contributed by atoms with Gasteiger partial charge in [-0.15, -0.1) is 11.8 Å². The second-order valence-electron chi connectivity index (χ2n) is 6.13. The van der Waals surface area contributed by atoms with Gasteiger partial charge in [-0.1, -0.05) is 45.7 Å².